The van der Waals surface area contributed by atoms with Crippen LogP contribution in [0.4, 0.5) is 4.39 Å². The molecule has 0 radical (unpaired) electrons. The maximum Gasteiger partial charge on any atom is 0.240 e. The average Bonchev–Trinajstić information content (AvgIpc) is 2.58. The second kappa shape index (κ2) is 7.48. The molecule has 0 saturated heterocycles. The summed E-state index contributed by atoms with van der Waals surface area (Å²) in [6, 6.07) is 8.14. The maximum atomic E-state index is 14.6. The highest BCUT2D eigenvalue weighted by Crippen LogP contribution is 2.36. The molecule has 2 aromatic carbocycles. The SMILES string of the molecule is CC[C@@H](N)c1ccc(Cl)c(Oc2ccc(S(=O)(=O)NC)cc2)c1F. The summed E-state index contributed by atoms with van der Waals surface area (Å²) in [5, 5.41) is 0.103. The molecule has 0 aliphatic rings. The highest BCUT2D eigenvalue weighted by atomic mass is 35.5. The molecule has 1 atom stereocenters. The molecule has 0 heterocycles. The number of nitrogens with two attached hydrogens (primary N) is 1. The zero-order valence-corrected chi connectivity index (χ0v) is 14.8. The van der Waals surface area contributed by atoms with Gasteiger partial charge in [-0.25, -0.2) is 17.5 Å². The van der Waals surface area contributed by atoms with Gasteiger partial charge in [-0.05, 0) is 43.8 Å². The van der Waals surface area contributed by atoms with E-state index in [-0.39, 0.29) is 21.4 Å². The smallest absolute Gasteiger partial charge is 0.240 e. The van der Waals surface area contributed by atoms with Crippen molar-refractivity contribution in [1.82, 2.24) is 4.72 Å². The van der Waals surface area contributed by atoms with Gasteiger partial charge in [-0.3, -0.25) is 0 Å². The molecule has 2 rings (SSSR count). The fourth-order valence-electron chi connectivity index (χ4n) is 2.07. The van der Waals surface area contributed by atoms with Crippen molar-refractivity contribution in [2.45, 2.75) is 24.3 Å². The van der Waals surface area contributed by atoms with Crippen molar-refractivity contribution in [3.05, 3.63) is 52.8 Å². The van der Waals surface area contributed by atoms with Crippen LogP contribution in [0.15, 0.2) is 41.3 Å². The number of nitrogens with one attached hydrogen (secondary N) is 1. The van der Waals surface area contributed by atoms with Gasteiger partial charge in [0.05, 0.1) is 9.92 Å². The van der Waals surface area contributed by atoms with E-state index >= 15 is 0 Å². The summed E-state index contributed by atoms with van der Waals surface area (Å²) in [6.07, 6.45) is 0.564. The minimum absolute atomic E-state index is 0.0747. The molecule has 3 N–H and O–H groups in total. The Bertz CT molecular complexity index is 826. The number of rotatable bonds is 6. The van der Waals surface area contributed by atoms with E-state index in [1.54, 1.807) is 0 Å². The number of benzene rings is 2. The van der Waals surface area contributed by atoms with Gasteiger partial charge >= 0.3 is 0 Å². The Labute approximate surface area is 145 Å². The van der Waals surface area contributed by atoms with Crippen LogP contribution in [0.3, 0.4) is 0 Å². The molecular weight excluding hydrogens is 355 g/mol. The first kappa shape index (κ1) is 18.7. The third-order valence-electron chi connectivity index (χ3n) is 3.54. The topological polar surface area (TPSA) is 81.4 Å². The first-order chi connectivity index (χ1) is 11.3. The molecule has 8 heteroatoms. The van der Waals surface area contributed by atoms with E-state index in [2.05, 4.69) is 4.72 Å². The van der Waals surface area contributed by atoms with Gasteiger partial charge in [-0.1, -0.05) is 24.6 Å². The van der Waals surface area contributed by atoms with Gasteiger partial charge in [0.2, 0.25) is 10.0 Å². The van der Waals surface area contributed by atoms with Crippen molar-refractivity contribution >= 4 is 21.6 Å². The predicted molar refractivity (Wildman–Crippen MR) is 91.4 cm³/mol. The summed E-state index contributed by atoms with van der Waals surface area (Å²) in [7, 11) is -2.23. The van der Waals surface area contributed by atoms with Crippen LogP contribution in [0.1, 0.15) is 24.9 Å². The van der Waals surface area contributed by atoms with Gasteiger partial charge in [0, 0.05) is 11.6 Å². The Kier molecular flexibility index (Phi) is 5.82. The van der Waals surface area contributed by atoms with Crippen molar-refractivity contribution in [2.75, 3.05) is 7.05 Å². The van der Waals surface area contributed by atoms with E-state index in [1.807, 2.05) is 6.92 Å². The van der Waals surface area contributed by atoms with Crippen molar-refractivity contribution in [3.8, 4) is 11.5 Å². The van der Waals surface area contributed by atoms with Crippen LogP contribution in [-0.2, 0) is 10.0 Å². The van der Waals surface area contributed by atoms with Gasteiger partial charge < -0.3 is 10.5 Å². The number of hydrogen-bond acceptors (Lipinski definition) is 4. The second-order valence-corrected chi connectivity index (χ2v) is 7.37. The highest BCUT2D eigenvalue weighted by molar-refractivity contribution is 7.89. The molecule has 0 saturated carbocycles. The predicted octanol–water partition coefficient (Wildman–Crippen LogP) is 3.59. The van der Waals surface area contributed by atoms with Crippen LogP contribution < -0.4 is 15.2 Å². The monoisotopic (exact) mass is 372 g/mol. The van der Waals surface area contributed by atoms with Crippen LogP contribution >= 0.6 is 11.6 Å². The van der Waals surface area contributed by atoms with E-state index in [4.69, 9.17) is 22.1 Å². The summed E-state index contributed by atoms with van der Waals surface area (Å²) in [5.74, 6) is -0.501. The van der Waals surface area contributed by atoms with Crippen LogP contribution in [-0.4, -0.2) is 15.5 Å². The number of hydrogen-bond donors (Lipinski definition) is 2. The molecule has 0 unspecified atom stereocenters. The summed E-state index contributed by atoms with van der Waals surface area (Å²) in [4.78, 5) is 0.0747. The molecule has 0 amide bonds. The van der Waals surface area contributed by atoms with E-state index in [0.29, 0.717) is 12.0 Å². The molecule has 0 bridgehead atoms. The van der Waals surface area contributed by atoms with Gasteiger partial charge in [-0.2, -0.15) is 0 Å². The molecule has 0 aromatic heterocycles. The molecule has 24 heavy (non-hydrogen) atoms. The lowest BCUT2D eigenvalue weighted by Crippen LogP contribution is -2.18. The Balaban J connectivity index is 2.35. The van der Waals surface area contributed by atoms with E-state index < -0.39 is 21.9 Å². The van der Waals surface area contributed by atoms with Gasteiger partial charge in [0.25, 0.3) is 0 Å². The quantitative estimate of drug-likeness (QED) is 0.811. The minimum atomic E-state index is -3.55. The normalized spacial score (nSPS) is 12.9. The summed E-state index contributed by atoms with van der Waals surface area (Å²) in [5.41, 5.74) is 6.19. The number of ether oxygens (including phenoxy) is 1. The van der Waals surface area contributed by atoms with Crippen LogP contribution in [0.5, 0.6) is 11.5 Å². The maximum absolute atomic E-state index is 14.6. The molecule has 5 nitrogen and oxygen atoms in total. The summed E-state index contributed by atoms with van der Waals surface area (Å²) in [6.45, 7) is 1.85. The Morgan fingerprint density at radius 2 is 1.88 bits per heavy atom. The Morgan fingerprint density at radius 1 is 1.25 bits per heavy atom. The molecule has 130 valence electrons. The second-order valence-electron chi connectivity index (χ2n) is 5.08. The Hall–Kier alpha value is -1.67. The Morgan fingerprint density at radius 3 is 2.42 bits per heavy atom. The van der Waals surface area contributed by atoms with Gasteiger partial charge in [0.15, 0.2) is 11.6 Å². The van der Waals surface area contributed by atoms with Crippen molar-refractivity contribution in [1.29, 1.82) is 0 Å². The van der Waals surface area contributed by atoms with Gasteiger partial charge in [0.1, 0.15) is 5.75 Å². The zero-order chi connectivity index (χ0) is 17.9. The summed E-state index contributed by atoms with van der Waals surface area (Å²) >= 11 is 6.01. The standard InChI is InChI=1S/C16H18ClFN2O3S/c1-3-14(19)12-8-9-13(17)16(15(12)18)23-10-4-6-11(7-5-10)24(21,22)20-2/h4-9,14,20H,3,19H2,1-2H3/t14-/m1/s1. The lowest BCUT2D eigenvalue weighted by molar-refractivity contribution is 0.434. The minimum Gasteiger partial charge on any atom is -0.453 e. The van der Waals surface area contributed by atoms with E-state index in [1.165, 1.54) is 43.4 Å². The molecule has 0 aliphatic heterocycles. The van der Waals surface area contributed by atoms with Crippen LogP contribution in [0.2, 0.25) is 5.02 Å². The van der Waals surface area contributed by atoms with Crippen LogP contribution in [0.25, 0.3) is 0 Å². The fourth-order valence-corrected chi connectivity index (χ4v) is 2.98. The third-order valence-corrected chi connectivity index (χ3v) is 5.27. The largest absolute Gasteiger partial charge is 0.453 e. The lowest BCUT2D eigenvalue weighted by atomic mass is 10.0. The first-order valence-electron chi connectivity index (χ1n) is 7.25. The van der Waals surface area contributed by atoms with Gasteiger partial charge in [-0.15, -0.1) is 0 Å². The number of halogens is 2. The average molecular weight is 373 g/mol. The number of sulfonamides is 1. The zero-order valence-electron chi connectivity index (χ0n) is 13.2. The van der Waals surface area contributed by atoms with E-state index in [9.17, 15) is 12.8 Å². The molecule has 0 aliphatic carbocycles. The molecule has 2 aromatic rings. The van der Waals surface area contributed by atoms with Crippen LogP contribution in [0, 0.1) is 5.82 Å². The van der Waals surface area contributed by atoms with E-state index in [0.717, 1.165) is 0 Å². The highest BCUT2D eigenvalue weighted by Gasteiger charge is 2.19. The molecular formula is C16H18ClFN2O3S. The molecule has 0 spiro atoms. The van der Waals surface area contributed by atoms with Crippen molar-refractivity contribution < 1.29 is 17.5 Å². The first-order valence-corrected chi connectivity index (χ1v) is 9.11. The van der Waals surface area contributed by atoms with Crippen molar-refractivity contribution in [3.63, 3.8) is 0 Å². The van der Waals surface area contributed by atoms with Crippen molar-refractivity contribution in [2.24, 2.45) is 5.73 Å². The lowest BCUT2D eigenvalue weighted by Gasteiger charge is -2.15. The molecule has 0 fully saturated rings. The summed E-state index contributed by atoms with van der Waals surface area (Å²) < 4.78 is 45.7. The third kappa shape index (κ3) is 3.87. The fraction of sp³-hybridized carbons (Fsp3) is 0.250.